The summed E-state index contributed by atoms with van der Waals surface area (Å²) in [7, 11) is 0. The topological polar surface area (TPSA) is 30.0 Å². The van der Waals surface area contributed by atoms with E-state index in [0.717, 1.165) is 24.3 Å². The third-order valence-electron chi connectivity index (χ3n) is 5.62. The lowest BCUT2D eigenvalue weighted by atomic mass is 9.92. The van der Waals surface area contributed by atoms with Crippen molar-refractivity contribution >= 4 is 46.4 Å². The van der Waals surface area contributed by atoms with Crippen LogP contribution in [0.15, 0.2) is 60.8 Å². The summed E-state index contributed by atoms with van der Waals surface area (Å²) >= 11 is 17.4. The number of hydrogen-bond donors (Lipinski definition) is 0. The Morgan fingerprint density at radius 2 is 1.61 bits per heavy atom. The fraction of sp³-hybridized carbons (Fsp3) is 0.231. The molecule has 0 saturated carbocycles. The summed E-state index contributed by atoms with van der Waals surface area (Å²) in [5.74, 6) is -5.61. The van der Waals surface area contributed by atoms with Crippen LogP contribution in [0.2, 0.25) is 15.1 Å². The van der Waals surface area contributed by atoms with E-state index in [-0.39, 0.29) is 27.6 Å². The van der Waals surface area contributed by atoms with Crippen LogP contribution in [0, 0.1) is 0 Å². The van der Waals surface area contributed by atoms with E-state index in [4.69, 9.17) is 34.8 Å². The minimum Gasteiger partial charge on any atom is -0.294 e. The van der Waals surface area contributed by atoms with Gasteiger partial charge in [0.2, 0.25) is 0 Å². The van der Waals surface area contributed by atoms with Crippen LogP contribution in [-0.2, 0) is 6.18 Å². The average molecular weight is 599 g/mol. The van der Waals surface area contributed by atoms with Crippen molar-refractivity contribution in [2.75, 3.05) is 0 Å². The van der Waals surface area contributed by atoms with Gasteiger partial charge in [-0.25, -0.2) is 4.39 Å². The first-order chi connectivity index (χ1) is 17.6. The lowest BCUT2D eigenvalue weighted by Crippen LogP contribution is -2.19. The smallest absolute Gasteiger partial charge is 0.294 e. The molecule has 2 atom stereocenters. The Hall–Kier alpha value is -2.62. The number of pyridine rings is 1. The third kappa shape index (κ3) is 7.07. The van der Waals surface area contributed by atoms with Crippen molar-refractivity contribution in [3.05, 3.63) is 104 Å². The molecule has 0 aliphatic heterocycles. The Kier molecular flexibility index (Phi) is 9.16. The molecule has 2 nitrogen and oxygen atoms in total. The van der Waals surface area contributed by atoms with Gasteiger partial charge in [-0.1, -0.05) is 59.9 Å². The molecule has 1 aromatic heterocycles. The van der Waals surface area contributed by atoms with Crippen LogP contribution < -0.4 is 0 Å². The van der Waals surface area contributed by atoms with Gasteiger partial charge in [-0.15, -0.1) is 0 Å². The highest BCUT2D eigenvalue weighted by Gasteiger charge is 2.41. The quantitative estimate of drug-likeness (QED) is 0.154. The Bertz CT molecular complexity index is 1330. The second kappa shape index (κ2) is 11.6. The number of halogens is 10. The normalized spacial score (nSPS) is 14.3. The molecule has 0 bridgehead atoms. The number of benzene rings is 2. The van der Waals surface area contributed by atoms with E-state index in [1.807, 2.05) is 0 Å². The van der Waals surface area contributed by atoms with Gasteiger partial charge in [0.25, 0.3) is 0 Å². The van der Waals surface area contributed by atoms with Crippen LogP contribution in [0.5, 0.6) is 0 Å². The highest BCUT2D eigenvalue weighted by atomic mass is 35.5. The van der Waals surface area contributed by atoms with Gasteiger partial charge in [0.05, 0.1) is 20.6 Å². The molecule has 2 unspecified atom stereocenters. The number of aromatic nitrogens is 1. The molecule has 0 spiro atoms. The first-order valence-corrected chi connectivity index (χ1v) is 12.0. The average Bonchev–Trinajstić information content (AvgIpc) is 2.84. The van der Waals surface area contributed by atoms with Gasteiger partial charge < -0.3 is 0 Å². The van der Waals surface area contributed by atoms with Crippen LogP contribution in [0.4, 0.5) is 30.7 Å². The summed E-state index contributed by atoms with van der Waals surface area (Å²) in [5.41, 5.74) is -3.09. The van der Waals surface area contributed by atoms with Crippen molar-refractivity contribution in [2.24, 2.45) is 0 Å². The highest BCUT2D eigenvalue weighted by Crippen LogP contribution is 2.43. The molecule has 0 N–H and O–H groups in total. The molecule has 0 radical (unpaired) electrons. The highest BCUT2D eigenvalue weighted by molar-refractivity contribution is 6.48. The zero-order chi connectivity index (χ0) is 28.4. The maximum absolute atomic E-state index is 15.0. The van der Waals surface area contributed by atoms with Crippen LogP contribution in [0.1, 0.15) is 57.9 Å². The molecular formula is C26H17Cl3F7NO. The number of alkyl halides is 6. The fourth-order valence-corrected chi connectivity index (χ4v) is 4.32. The van der Waals surface area contributed by atoms with Crippen LogP contribution in [-0.4, -0.2) is 16.9 Å². The van der Waals surface area contributed by atoms with Crippen LogP contribution in [0.25, 0.3) is 5.83 Å². The molecule has 0 fully saturated rings. The molecule has 3 aromatic rings. The van der Waals surface area contributed by atoms with Gasteiger partial charge in [0.15, 0.2) is 5.78 Å². The number of Topliss-reactive ketones (excluding diaryl/α,β-unsaturated/α-hetero) is 1. The monoisotopic (exact) mass is 597 g/mol. The lowest BCUT2D eigenvalue weighted by molar-refractivity contribution is -0.140. The van der Waals surface area contributed by atoms with E-state index in [0.29, 0.717) is 11.8 Å². The van der Waals surface area contributed by atoms with E-state index >= 15 is 4.39 Å². The number of hydrogen-bond acceptors (Lipinski definition) is 2. The second-order valence-corrected chi connectivity index (χ2v) is 9.57. The molecule has 0 saturated heterocycles. The van der Waals surface area contributed by atoms with Gasteiger partial charge in [0.1, 0.15) is 11.7 Å². The van der Waals surface area contributed by atoms with Gasteiger partial charge in [0, 0.05) is 35.4 Å². The number of ketones is 1. The van der Waals surface area contributed by atoms with Gasteiger partial charge in [-0.3, -0.25) is 9.78 Å². The van der Waals surface area contributed by atoms with Crippen LogP contribution >= 0.6 is 34.8 Å². The van der Waals surface area contributed by atoms with Gasteiger partial charge >= 0.3 is 12.4 Å². The van der Waals surface area contributed by atoms with Crippen LogP contribution in [0.3, 0.4) is 0 Å². The lowest BCUT2D eigenvalue weighted by Gasteiger charge is -2.19. The molecule has 3 rings (SSSR count). The maximum atomic E-state index is 15.0. The SMILES string of the molecule is CC(CC(=O)c1ccc(/C(F)=C/C(c2cc(Cl)c(Cl)c(Cl)c2)C(F)(F)F)cc1C(F)(F)F)c1ccccn1. The van der Waals surface area contributed by atoms with E-state index < -0.39 is 58.1 Å². The second-order valence-electron chi connectivity index (χ2n) is 8.37. The first kappa shape index (κ1) is 29.9. The largest absolute Gasteiger partial charge is 0.417 e. The summed E-state index contributed by atoms with van der Waals surface area (Å²) < 4.78 is 97.9. The Balaban J connectivity index is 2.01. The molecule has 38 heavy (non-hydrogen) atoms. The number of carbonyl (C=O) groups excluding carboxylic acids is 1. The van der Waals surface area contributed by atoms with Crippen molar-refractivity contribution < 1.29 is 35.5 Å². The molecule has 12 heteroatoms. The van der Waals surface area contributed by atoms with E-state index in [9.17, 15) is 31.1 Å². The zero-order valence-corrected chi connectivity index (χ0v) is 21.5. The molecule has 1 heterocycles. The summed E-state index contributed by atoms with van der Waals surface area (Å²) in [6.07, 6.45) is -8.89. The molecule has 0 amide bonds. The number of nitrogens with zero attached hydrogens (tertiary/aromatic N) is 1. The van der Waals surface area contributed by atoms with Crippen molar-refractivity contribution in [3.8, 4) is 0 Å². The molecular weight excluding hydrogens is 582 g/mol. The predicted octanol–water partition coefficient (Wildman–Crippen LogP) is 10.1. The van der Waals surface area contributed by atoms with Crippen molar-refractivity contribution in [1.29, 1.82) is 0 Å². The standard InChI is InChI=1S/C26H17Cl3F7NO/c1-13(22-4-2-3-7-37-22)8-23(38)16-6-5-14(9-18(16)26(34,35)36)21(30)12-17(25(31,32)33)15-10-19(27)24(29)20(28)11-15/h2-7,9-13,17H,8H2,1H3/b21-12-. The maximum Gasteiger partial charge on any atom is 0.417 e. The summed E-state index contributed by atoms with van der Waals surface area (Å²) in [6, 6.07) is 8.46. The summed E-state index contributed by atoms with van der Waals surface area (Å²) in [4.78, 5) is 16.8. The van der Waals surface area contributed by atoms with Crippen molar-refractivity contribution in [2.45, 2.75) is 37.5 Å². The van der Waals surface area contributed by atoms with E-state index in [1.165, 1.54) is 6.20 Å². The summed E-state index contributed by atoms with van der Waals surface area (Å²) in [6.45, 7) is 1.61. The van der Waals surface area contributed by atoms with E-state index in [2.05, 4.69) is 4.98 Å². The molecule has 2 aromatic carbocycles. The Morgan fingerprint density at radius 3 is 2.13 bits per heavy atom. The van der Waals surface area contributed by atoms with Crippen molar-refractivity contribution in [1.82, 2.24) is 4.98 Å². The van der Waals surface area contributed by atoms with Gasteiger partial charge in [-0.05, 0) is 42.0 Å². The Morgan fingerprint density at radius 1 is 0.974 bits per heavy atom. The Labute approximate surface area is 228 Å². The van der Waals surface area contributed by atoms with E-state index in [1.54, 1.807) is 25.1 Å². The van der Waals surface area contributed by atoms with Crippen molar-refractivity contribution in [3.63, 3.8) is 0 Å². The minimum absolute atomic E-state index is 0.107. The van der Waals surface area contributed by atoms with Gasteiger partial charge in [-0.2, -0.15) is 26.3 Å². The number of rotatable bonds is 7. The minimum atomic E-state index is -5.09. The number of carbonyl (C=O) groups is 1. The zero-order valence-electron chi connectivity index (χ0n) is 19.3. The molecule has 0 aliphatic carbocycles. The third-order valence-corrected chi connectivity index (χ3v) is 6.81. The molecule has 202 valence electrons. The fourth-order valence-electron chi connectivity index (χ4n) is 3.71. The first-order valence-electron chi connectivity index (χ1n) is 10.8. The predicted molar refractivity (Wildman–Crippen MR) is 132 cm³/mol. The molecule has 0 aliphatic rings. The summed E-state index contributed by atoms with van der Waals surface area (Å²) in [5, 5.41) is -0.853. The number of allylic oxidation sites excluding steroid dienone is 1.